The summed E-state index contributed by atoms with van der Waals surface area (Å²) in [5.41, 5.74) is -0.221. The van der Waals surface area contributed by atoms with Gasteiger partial charge in [0.2, 0.25) is 0 Å². The van der Waals surface area contributed by atoms with Gasteiger partial charge in [0.15, 0.2) is 11.5 Å². The summed E-state index contributed by atoms with van der Waals surface area (Å²) in [6.45, 7) is 8.00. The van der Waals surface area contributed by atoms with Crippen LogP contribution in [0, 0.1) is 0 Å². The van der Waals surface area contributed by atoms with Gasteiger partial charge in [-0.25, -0.2) is 0 Å². The average molecular weight is 265 g/mol. The molecule has 1 aliphatic heterocycles. The monoisotopic (exact) mass is 265 g/mol. The van der Waals surface area contributed by atoms with Crippen LogP contribution in [0.1, 0.15) is 27.7 Å². The van der Waals surface area contributed by atoms with Crippen LogP contribution in [0.2, 0.25) is 0 Å². The van der Waals surface area contributed by atoms with Gasteiger partial charge < -0.3 is 18.8 Å². The number of ether oxygens (including phenoxy) is 2. The maximum Gasteiger partial charge on any atom is 0.518 e. The van der Waals surface area contributed by atoms with Crippen molar-refractivity contribution in [2.75, 3.05) is 14.2 Å². The molecule has 6 heteroatoms. The summed E-state index contributed by atoms with van der Waals surface area (Å²) >= 11 is 0. The lowest BCUT2D eigenvalue weighted by Crippen LogP contribution is -2.41. The minimum atomic E-state index is -0.560. The van der Waals surface area contributed by atoms with Crippen molar-refractivity contribution in [1.82, 2.24) is 4.98 Å². The quantitative estimate of drug-likeness (QED) is 0.773. The molecule has 0 bridgehead atoms. The standard InChI is InChI=1S/C13H20BNO4/c1-12(2)13(3,4)19-14(18-12)11-10(17-6)9(16-5)7-8-15-11/h7-8H,1-6H3. The van der Waals surface area contributed by atoms with E-state index in [-0.39, 0.29) is 0 Å². The van der Waals surface area contributed by atoms with E-state index in [1.54, 1.807) is 26.5 Å². The van der Waals surface area contributed by atoms with Gasteiger partial charge in [-0.15, -0.1) is 0 Å². The zero-order valence-electron chi connectivity index (χ0n) is 12.3. The van der Waals surface area contributed by atoms with E-state index in [9.17, 15) is 0 Å². The van der Waals surface area contributed by atoms with Crippen LogP contribution in [0.5, 0.6) is 11.5 Å². The van der Waals surface area contributed by atoms with Crippen LogP contribution in [0.25, 0.3) is 0 Å². The number of rotatable bonds is 3. The fraction of sp³-hybridized carbons (Fsp3) is 0.615. The predicted molar refractivity (Wildman–Crippen MR) is 73.1 cm³/mol. The van der Waals surface area contributed by atoms with Crippen molar-refractivity contribution in [2.45, 2.75) is 38.9 Å². The van der Waals surface area contributed by atoms with Crippen LogP contribution in [-0.2, 0) is 9.31 Å². The van der Waals surface area contributed by atoms with Gasteiger partial charge in [-0.05, 0) is 27.7 Å². The Morgan fingerprint density at radius 1 is 1.05 bits per heavy atom. The molecule has 2 heterocycles. The van der Waals surface area contributed by atoms with Crippen LogP contribution in [0.4, 0.5) is 0 Å². The minimum absolute atomic E-state index is 0.409. The van der Waals surface area contributed by atoms with Crippen molar-refractivity contribution in [1.29, 1.82) is 0 Å². The molecule has 0 saturated carbocycles. The summed E-state index contributed by atoms with van der Waals surface area (Å²) in [6.07, 6.45) is 1.65. The van der Waals surface area contributed by atoms with Crippen molar-refractivity contribution in [3.8, 4) is 11.5 Å². The summed E-state index contributed by atoms with van der Waals surface area (Å²) in [5, 5.41) is 0. The van der Waals surface area contributed by atoms with E-state index < -0.39 is 18.3 Å². The van der Waals surface area contributed by atoms with E-state index in [1.807, 2.05) is 27.7 Å². The molecule has 19 heavy (non-hydrogen) atoms. The number of nitrogens with zero attached hydrogens (tertiary/aromatic N) is 1. The Labute approximate surface area is 114 Å². The van der Waals surface area contributed by atoms with Gasteiger partial charge in [0.1, 0.15) is 5.59 Å². The Balaban J connectivity index is 2.39. The maximum atomic E-state index is 5.97. The molecule has 0 radical (unpaired) electrons. The lowest BCUT2D eigenvalue weighted by atomic mass is 9.83. The molecule has 0 spiro atoms. The highest BCUT2D eigenvalue weighted by Gasteiger charge is 2.53. The maximum absolute atomic E-state index is 5.97. The van der Waals surface area contributed by atoms with Gasteiger partial charge in [-0.3, -0.25) is 4.98 Å². The van der Waals surface area contributed by atoms with E-state index in [0.29, 0.717) is 17.1 Å². The zero-order valence-corrected chi connectivity index (χ0v) is 12.3. The highest BCUT2D eigenvalue weighted by atomic mass is 16.7. The zero-order chi connectivity index (χ0) is 14.3. The highest BCUT2D eigenvalue weighted by Crippen LogP contribution is 2.37. The Bertz CT molecular complexity index is 460. The average Bonchev–Trinajstić information content (AvgIpc) is 2.57. The van der Waals surface area contributed by atoms with Gasteiger partial charge >= 0.3 is 7.12 Å². The van der Waals surface area contributed by atoms with E-state index in [1.165, 1.54) is 0 Å². The second-order valence-corrected chi connectivity index (χ2v) is 5.52. The summed E-state index contributed by atoms with van der Waals surface area (Å²) in [7, 11) is 2.61. The van der Waals surface area contributed by atoms with Crippen molar-refractivity contribution in [2.24, 2.45) is 0 Å². The molecule has 1 aromatic heterocycles. The number of pyridine rings is 1. The second-order valence-electron chi connectivity index (χ2n) is 5.52. The van der Waals surface area contributed by atoms with Crippen molar-refractivity contribution >= 4 is 12.7 Å². The first-order chi connectivity index (χ1) is 8.82. The number of methoxy groups -OCH3 is 2. The molecule has 2 rings (SSSR count). The Morgan fingerprint density at radius 3 is 2.11 bits per heavy atom. The summed E-state index contributed by atoms with van der Waals surface area (Å²) in [6, 6.07) is 1.74. The Kier molecular flexibility index (Phi) is 3.49. The smallest absolute Gasteiger partial charge is 0.493 e. The molecule has 0 atom stereocenters. The van der Waals surface area contributed by atoms with Crippen molar-refractivity contribution in [3.63, 3.8) is 0 Å². The molecule has 0 aliphatic carbocycles. The fourth-order valence-corrected chi connectivity index (χ4v) is 1.93. The van der Waals surface area contributed by atoms with Crippen molar-refractivity contribution < 1.29 is 18.8 Å². The van der Waals surface area contributed by atoms with E-state index in [2.05, 4.69) is 4.98 Å². The molecule has 1 saturated heterocycles. The fourth-order valence-electron chi connectivity index (χ4n) is 1.93. The summed E-state index contributed by atoms with van der Waals surface area (Å²) < 4.78 is 22.6. The Morgan fingerprint density at radius 2 is 1.63 bits per heavy atom. The van der Waals surface area contributed by atoms with Crippen LogP contribution >= 0.6 is 0 Å². The third-order valence-corrected chi connectivity index (χ3v) is 3.80. The normalized spacial score (nSPS) is 20.4. The van der Waals surface area contributed by atoms with Gasteiger partial charge in [0.25, 0.3) is 0 Å². The SMILES string of the molecule is COc1ccnc(B2OC(C)(C)C(C)(C)O2)c1OC. The van der Waals surface area contributed by atoms with Crippen LogP contribution in [-0.4, -0.2) is 37.5 Å². The number of hydrogen-bond acceptors (Lipinski definition) is 5. The molecule has 104 valence electrons. The lowest BCUT2D eigenvalue weighted by Gasteiger charge is -2.32. The van der Waals surface area contributed by atoms with E-state index in [4.69, 9.17) is 18.8 Å². The van der Waals surface area contributed by atoms with E-state index in [0.717, 1.165) is 0 Å². The highest BCUT2D eigenvalue weighted by molar-refractivity contribution is 6.62. The third-order valence-electron chi connectivity index (χ3n) is 3.80. The summed E-state index contributed by atoms with van der Waals surface area (Å²) in [5.74, 6) is 1.16. The lowest BCUT2D eigenvalue weighted by molar-refractivity contribution is 0.00578. The molecule has 0 unspecified atom stereocenters. The van der Waals surface area contributed by atoms with Crippen LogP contribution in [0.15, 0.2) is 12.3 Å². The molecule has 1 aromatic rings. The topological polar surface area (TPSA) is 49.8 Å². The van der Waals surface area contributed by atoms with Gasteiger partial charge in [0, 0.05) is 12.3 Å². The third kappa shape index (κ3) is 2.30. The molecule has 0 N–H and O–H groups in total. The van der Waals surface area contributed by atoms with Crippen LogP contribution < -0.4 is 15.1 Å². The molecule has 0 amide bonds. The van der Waals surface area contributed by atoms with Crippen molar-refractivity contribution in [3.05, 3.63) is 12.3 Å². The molecule has 0 aromatic carbocycles. The molecule has 5 nitrogen and oxygen atoms in total. The second kappa shape index (κ2) is 4.69. The molecule has 1 fully saturated rings. The number of aromatic nitrogens is 1. The number of hydrogen-bond donors (Lipinski definition) is 0. The molecular formula is C13H20BNO4. The Hall–Kier alpha value is -1.27. The van der Waals surface area contributed by atoms with Gasteiger partial charge in [-0.1, -0.05) is 0 Å². The molecule has 1 aliphatic rings. The first-order valence-electron chi connectivity index (χ1n) is 6.25. The summed E-state index contributed by atoms with van der Waals surface area (Å²) in [4.78, 5) is 4.32. The van der Waals surface area contributed by atoms with E-state index >= 15 is 0 Å². The largest absolute Gasteiger partial charge is 0.518 e. The predicted octanol–water partition coefficient (Wildman–Crippen LogP) is 1.40. The van der Waals surface area contributed by atoms with Gasteiger partial charge in [0.05, 0.1) is 25.4 Å². The van der Waals surface area contributed by atoms with Gasteiger partial charge in [-0.2, -0.15) is 0 Å². The first-order valence-corrected chi connectivity index (χ1v) is 6.25. The minimum Gasteiger partial charge on any atom is -0.493 e. The van der Waals surface area contributed by atoms with Crippen LogP contribution in [0.3, 0.4) is 0 Å². The first kappa shape index (κ1) is 14.2. The molecular weight excluding hydrogens is 245 g/mol.